The third-order valence-corrected chi connectivity index (χ3v) is 19.5. The predicted molar refractivity (Wildman–Crippen MR) is 399 cm³/mol. The Hall–Kier alpha value is -12.3. The van der Waals surface area contributed by atoms with E-state index < -0.39 is 0 Å². The van der Waals surface area contributed by atoms with Crippen LogP contribution in [0.25, 0.3) is 117 Å². The standard InChI is InChI=1S/2C12H12N2.5C11H11N3/c1-9-7-10-11-5-3-4-6-14(11)8-12(10)13(9)2;1-9-7-10-8-14-6-4-3-5-11(14)12(10)13(9)2;1-8-11-9(7-13(8)2)14-6-4-3-5-10(14)12-11;1-8-11-9(7-13(8)2)12-10-5-3-4-6-14(10)11;1-8-7-9-11(13(8)2)12-10-5-3-4-6-14(9)10;1-8-7-9-11(13(8)2)14-6-4-3-5-10(14)12-9;1-8-7-14-10-6-4-3-5-9(10)12-11(14)13(8)2/h2*3-8H,1-2H3;5*3-7H,1-2H3. The number of aryl methyl sites for hydroxylation is 14. The molecule has 19 heteroatoms. The molecule has 0 bridgehead atoms. The highest BCUT2D eigenvalue weighted by molar-refractivity contribution is 5.97. The Morgan fingerprint density at radius 2 is 0.837 bits per heavy atom. The maximum atomic E-state index is 4.58. The molecule has 0 unspecified atom stereocenters. The van der Waals surface area contributed by atoms with Crippen molar-refractivity contribution in [1.29, 1.82) is 0 Å². The summed E-state index contributed by atoms with van der Waals surface area (Å²) in [5.41, 5.74) is 29.2. The Kier molecular flexibility index (Phi) is 15.5. The molecule has 0 fully saturated rings. The number of hydrogen-bond acceptors (Lipinski definition) is 5. The summed E-state index contributed by atoms with van der Waals surface area (Å²) in [6, 6.07) is 53.7. The molecule has 20 aromatic heterocycles. The van der Waals surface area contributed by atoms with E-state index in [1.807, 2.05) is 138 Å². The van der Waals surface area contributed by atoms with Crippen LogP contribution in [-0.2, 0) is 49.3 Å². The fraction of sp³-hybridized carbons (Fsp3) is 0.177. The Balaban J connectivity index is 0.0000000933. The minimum Gasteiger partial charge on any atom is -0.351 e. The van der Waals surface area contributed by atoms with Gasteiger partial charge in [0.2, 0.25) is 5.78 Å². The zero-order valence-corrected chi connectivity index (χ0v) is 57.9. The molecule has 0 spiro atoms. The highest BCUT2D eigenvalue weighted by Gasteiger charge is 2.15. The van der Waals surface area contributed by atoms with Gasteiger partial charge >= 0.3 is 0 Å². The first kappa shape index (κ1) is 61.9. The van der Waals surface area contributed by atoms with E-state index in [0.717, 1.165) is 61.7 Å². The molecule has 490 valence electrons. The Labute approximate surface area is 565 Å². The van der Waals surface area contributed by atoms with Crippen LogP contribution in [0.2, 0.25) is 0 Å². The van der Waals surface area contributed by atoms with Crippen LogP contribution >= 0.6 is 0 Å². The van der Waals surface area contributed by atoms with Gasteiger partial charge in [0, 0.05) is 168 Å². The molecule has 0 amide bonds. The molecule has 0 aliphatic heterocycles. The first-order chi connectivity index (χ1) is 47.4. The van der Waals surface area contributed by atoms with E-state index in [1.165, 1.54) is 94.8 Å². The van der Waals surface area contributed by atoms with Crippen LogP contribution in [0.3, 0.4) is 0 Å². The average molecular weight is 1290 g/mol. The monoisotopic (exact) mass is 1290 g/mol. The third kappa shape index (κ3) is 10.6. The summed E-state index contributed by atoms with van der Waals surface area (Å²) < 4.78 is 30.0. The van der Waals surface area contributed by atoms with E-state index >= 15 is 0 Å². The molecule has 21 aromatic rings. The van der Waals surface area contributed by atoms with Crippen molar-refractivity contribution in [3.05, 3.63) is 266 Å². The van der Waals surface area contributed by atoms with Crippen LogP contribution in [0.15, 0.2) is 226 Å². The van der Waals surface area contributed by atoms with Crippen molar-refractivity contribution in [3.8, 4) is 0 Å². The van der Waals surface area contributed by atoms with E-state index in [4.69, 9.17) is 0 Å². The highest BCUT2D eigenvalue weighted by Crippen LogP contribution is 2.28. The van der Waals surface area contributed by atoms with Crippen LogP contribution in [0.5, 0.6) is 0 Å². The summed E-state index contributed by atoms with van der Waals surface area (Å²) in [7, 11) is 14.5. The summed E-state index contributed by atoms with van der Waals surface area (Å²) in [6.45, 7) is 14.8. The van der Waals surface area contributed by atoms with Gasteiger partial charge in [0.05, 0.1) is 49.7 Å². The molecular weight excluding hydrogens is 1220 g/mol. The first-order valence-electron chi connectivity index (χ1n) is 32.9. The summed E-state index contributed by atoms with van der Waals surface area (Å²) in [4.78, 5) is 22.8. The molecule has 0 saturated heterocycles. The number of aromatic nitrogens is 19. The fourth-order valence-electron chi connectivity index (χ4n) is 13.5. The zero-order valence-electron chi connectivity index (χ0n) is 57.9. The quantitative estimate of drug-likeness (QED) is 0.149. The number of pyridine rings is 6. The van der Waals surface area contributed by atoms with Crippen LogP contribution in [0.4, 0.5) is 0 Å². The van der Waals surface area contributed by atoms with Crippen molar-refractivity contribution < 1.29 is 0 Å². The topological polar surface area (TPSA) is 130 Å². The zero-order chi connectivity index (χ0) is 67.9. The number of rotatable bonds is 0. The van der Waals surface area contributed by atoms with Crippen LogP contribution < -0.4 is 0 Å². The number of hydrogen-bond donors (Lipinski definition) is 0. The molecule has 0 atom stereocenters. The van der Waals surface area contributed by atoms with Crippen LogP contribution in [-0.4, -0.2) is 87.7 Å². The van der Waals surface area contributed by atoms with Crippen LogP contribution in [0.1, 0.15) is 39.9 Å². The first-order valence-corrected chi connectivity index (χ1v) is 32.9. The minimum atomic E-state index is 1.00. The average Bonchev–Trinajstić information content (AvgIpc) is 1.65. The van der Waals surface area contributed by atoms with E-state index in [1.54, 1.807) is 0 Å². The molecule has 19 nitrogen and oxygen atoms in total. The van der Waals surface area contributed by atoms with Gasteiger partial charge in [-0.25, -0.2) is 24.9 Å². The number of imidazole rings is 6. The van der Waals surface area contributed by atoms with Gasteiger partial charge in [-0.15, -0.1) is 0 Å². The Morgan fingerprint density at radius 1 is 0.296 bits per heavy atom. The van der Waals surface area contributed by atoms with Crippen molar-refractivity contribution >= 4 is 117 Å². The van der Waals surface area contributed by atoms with Crippen molar-refractivity contribution in [2.24, 2.45) is 49.3 Å². The maximum Gasteiger partial charge on any atom is 0.214 e. The largest absolute Gasteiger partial charge is 0.351 e. The second-order valence-corrected chi connectivity index (χ2v) is 25.5. The van der Waals surface area contributed by atoms with Gasteiger partial charge in [-0.1, -0.05) is 48.5 Å². The molecule has 0 saturated carbocycles. The lowest BCUT2D eigenvalue weighted by Crippen LogP contribution is -1.94. The molecule has 1 aromatic carbocycles. The molecule has 0 aliphatic rings. The molecule has 0 N–H and O–H groups in total. The van der Waals surface area contributed by atoms with Gasteiger partial charge in [-0.2, -0.15) is 0 Å². The Bertz CT molecular complexity index is 5780. The van der Waals surface area contributed by atoms with Crippen molar-refractivity contribution in [3.63, 3.8) is 0 Å². The van der Waals surface area contributed by atoms with Crippen molar-refractivity contribution in [2.45, 2.75) is 48.5 Å². The maximum absolute atomic E-state index is 4.58. The molecule has 0 aliphatic carbocycles. The van der Waals surface area contributed by atoms with E-state index in [-0.39, 0.29) is 0 Å². The van der Waals surface area contributed by atoms with Gasteiger partial charge in [0.15, 0.2) is 5.65 Å². The molecule has 98 heavy (non-hydrogen) atoms. The number of benzene rings is 1. The smallest absolute Gasteiger partial charge is 0.214 e. The SMILES string of the molecule is Cc1c2c(cn1C)nc1ccccn12.Cc1c2nc3ccccn3c2cn1C.Cc1cc2c(cn3ccccc23)n1C.Cc1cc2c(nc3ccccn32)n1C.Cc1cc2cn3ccccc3c2n1C.Cc1cc2nc3ccccn3c2n1C.Cc1cn2c3ccccc3nc2n1C. The van der Waals surface area contributed by atoms with E-state index in [9.17, 15) is 0 Å². The summed E-state index contributed by atoms with van der Waals surface area (Å²) in [5, 5.41) is 2.65. The Morgan fingerprint density at radius 3 is 1.56 bits per heavy atom. The van der Waals surface area contributed by atoms with Crippen LogP contribution in [0, 0.1) is 48.5 Å². The van der Waals surface area contributed by atoms with Crippen molar-refractivity contribution in [2.75, 3.05) is 0 Å². The molecule has 21 rings (SSSR count). The number of fused-ring (bicyclic) bond motifs is 21. The minimum absolute atomic E-state index is 1.00. The van der Waals surface area contributed by atoms with E-state index in [0.29, 0.717) is 0 Å². The van der Waals surface area contributed by atoms with Gasteiger partial charge in [-0.3, -0.25) is 22.0 Å². The number of para-hydroxylation sites is 2. The van der Waals surface area contributed by atoms with Crippen molar-refractivity contribution in [1.82, 2.24) is 87.7 Å². The fourth-order valence-corrected chi connectivity index (χ4v) is 13.5. The molecule has 0 radical (unpaired) electrons. The second kappa shape index (κ2) is 24.5. The second-order valence-electron chi connectivity index (χ2n) is 25.5. The molecule has 20 heterocycles. The molecular formula is C79H79N19. The third-order valence-electron chi connectivity index (χ3n) is 19.5. The lowest BCUT2D eigenvalue weighted by Gasteiger charge is -1.99. The van der Waals surface area contributed by atoms with Gasteiger partial charge in [-0.05, 0) is 158 Å². The lowest BCUT2D eigenvalue weighted by molar-refractivity contribution is 0.883. The van der Waals surface area contributed by atoms with Gasteiger partial charge in [0.25, 0.3) is 0 Å². The number of nitrogens with zero attached hydrogens (tertiary/aromatic N) is 19. The van der Waals surface area contributed by atoms with Gasteiger partial charge < -0.3 is 40.8 Å². The summed E-state index contributed by atoms with van der Waals surface area (Å²) >= 11 is 0. The van der Waals surface area contributed by atoms with Gasteiger partial charge in [0.1, 0.15) is 44.8 Å². The van der Waals surface area contributed by atoms with E-state index in [2.05, 4.69) is 274 Å². The lowest BCUT2D eigenvalue weighted by atomic mass is 10.3. The normalized spacial score (nSPS) is 11.6. The highest BCUT2D eigenvalue weighted by atomic mass is 15.2. The predicted octanol–water partition coefficient (Wildman–Crippen LogP) is 16.2. The summed E-state index contributed by atoms with van der Waals surface area (Å²) in [6.07, 6.45) is 23.0. The summed E-state index contributed by atoms with van der Waals surface area (Å²) in [5.74, 6) is 1.00.